The molecule has 2 heterocycles. The number of ether oxygens (including phenoxy) is 2. The Labute approximate surface area is 197 Å². The molecule has 0 fully saturated rings. The molecule has 8 heteroatoms. The number of aromatic nitrogens is 3. The van der Waals surface area contributed by atoms with Crippen molar-refractivity contribution in [2.45, 2.75) is 32.7 Å². The van der Waals surface area contributed by atoms with Gasteiger partial charge in [0.1, 0.15) is 11.5 Å². The number of fused-ring (bicyclic) bond motifs is 1. The van der Waals surface area contributed by atoms with Crippen molar-refractivity contribution < 1.29 is 14.3 Å². The molecule has 1 amide bonds. The molecule has 0 saturated heterocycles. The molecule has 0 atom stereocenters. The van der Waals surface area contributed by atoms with Gasteiger partial charge in [0.05, 0.1) is 30.3 Å². The van der Waals surface area contributed by atoms with Crippen LogP contribution in [0.15, 0.2) is 61.2 Å². The zero-order valence-corrected chi connectivity index (χ0v) is 19.8. The number of methoxy groups -OCH3 is 1. The first-order chi connectivity index (χ1) is 16.2. The van der Waals surface area contributed by atoms with Crippen molar-refractivity contribution in [2.75, 3.05) is 25.2 Å². The summed E-state index contributed by atoms with van der Waals surface area (Å²) in [5.74, 6) is 1.47. The number of hydrogen-bond donors (Lipinski definition) is 0. The van der Waals surface area contributed by atoms with Crippen LogP contribution < -0.4 is 14.4 Å². The molecule has 0 aliphatic carbocycles. The summed E-state index contributed by atoms with van der Waals surface area (Å²) in [6, 6.07) is 13.1. The first-order valence-corrected chi connectivity index (χ1v) is 11.9. The minimum atomic E-state index is -0.0771. The molecule has 172 valence electrons. The number of rotatable bonds is 11. The van der Waals surface area contributed by atoms with Gasteiger partial charge in [-0.1, -0.05) is 24.7 Å². The number of hydrogen-bond acceptors (Lipinski definition) is 6. The maximum atomic E-state index is 13.5. The average Bonchev–Trinajstić information content (AvgIpc) is 3.51. The van der Waals surface area contributed by atoms with E-state index in [4.69, 9.17) is 14.5 Å². The summed E-state index contributed by atoms with van der Waals surface area (Å²) < 4.78 is 14.1. The van der Waals surface area contributed by atoms with Crippen LogP contribution in [0.4, 0.5) is 5.13 Å². The third kappa shape index (κ3) is 5.70. The Morgan fingerprint density at radius 1 is 1.12 bits per heavy atom. The largest absolute Gasteiger partial charge is 0.497 e. The van der Waals surface area contributed by atoms with E-state index in [9.17, 15) is 4.79 Å². The molecular weight excluding hydrogens is 436 g/mol. The van der Waals surface area contributed by atoms with E-state index in [1.54, 1.807) is 24.5 Å². The third-order valence-electron chi connectivity index (χ3n) is 5.29. The first kappa shape index (κ1) is 22.8. The van der Waals surface area contributed by atoms with E-state index < -0.39 is 0 Å². The van der Waals surface area contributed by atoms with Gasteiger partial charge in [0, 0.05) is 31.0 Å². The fourth-order valence-electron chi connectivity index (χ4n) is 3.43. The second-order valence-electron chi connectivity index (χ2n) is 7.67. The zero-order valence-electron chi connectivity index (χ0n) is 18.9. The van der Waals surface area contributed by atoms with Crippen molar-refractivity contribution >= 4 is 32.6 Å². The number of nitrogens with zero attached hydrogens (tertiary/aromatic N) is 4. The number of unbranched alkanes of at least 4 members (excludes halogenated alkanes) is 1. The molecule has 0 saturated carbocycles. The van der Waals surface area contributed by atoms with Crippen LogP contribution in [0.5, 0.6) is 11.5 Å². The molecule has 2 aromatic carbocycles. The number of benzene rings is 2. The van der Waals surface area contributed by atoms with Gasteiger partial charge < -0.3 is 14.0 Å². The summed E-state index contributed by atoms with van der Waals surface area (Å²) in [6.45, 7) is 4.12. The lowest BCUT2D eigenvalue weighted by molar-refractivity contribution is 0.0986. The van der Waals surface area contributed by atoms with Crippen molar-refractivity contribution in [3.8, 4) is 11.5 Å². The third-order valence-corrected chi connectivity index (χ3v) is 6.33. The fraction of sp³-hybridized carbons (Fsp3) is 0.320. The van der Waals surface area contributed by atoms with E-state index >= 15 is 0 Å². The maximum absolute atomic E-state index is 13.5. The number of carbonyl (C=O) groups is 1. The average molecular weight is 465 g/mol. The highest BCUT2D eigenvalue weighted by Crippen LogP contribution is 2.32. The number of amides is 1. The van der Waals surface area contributed by atoms with Gasteiger partial charge in [0.15, 0.2) is 5.13 Å². The second kappa shape index (κ2) is 11.0. The lowest BCUT2D eigenvalue weighted by Crippen LogP contribution is -2.32. The Morgan fingerprint density at radius 3 is 2.67 bits per heavy atom. The van der Waals surface area contributed by atoms with E-state index in [0.29, 0.717) is 23.8 Å². The van der Waals surface area contributed by atoms with Crippen LogP contribution in [0.1, 0.15) is 36.5 Å². The minimum Gasteiger partial charge on any atom is -0.497 e. The van der Waals surface area contributed by atoms with Crippen molar-refractivity contribution in [1.82, 2.24) is 14.5 Å². The van der Waals surface area contributed by atoms with Crippen LogP contribution in [-0.4, -0.2) is 40.7 Å². The Kier molecular flexibility index (Phi) is 7.57. The van der Waals surface area contributed by atoms with Crippen molar-refractivity contribution in [3.63, 3.8) is 0 Å². The molecule has 0 unspecified atom stereocenters. The Balaban J connectivity index is 1.55. The lowest BCUT2D eigenvalue weighted by Gasteiger charge is -2.20. The highest BCUT2D eigenvalue weighted by molar-refractivity contribution is 7.22. The molecule has 4 aromatic rings. The van der Waals surface area contributed by atoms with E-state index in [0.717, 1.165) is 47.5 Å². The van der Waals surface area contributed by atoms with Gasteiger partial charge in [0.2, 0.25) is 0 Å². The van der Waals surface area contributed by atoms with Crippen LogP contribution in [0.25, 0.3) is 10.2 Å². The number of aryl methyl sites for hydroxylation is 1. The zero-order chi connectivity index (χ0) is 23.0. The topological polar surface area (TPSA) is 69.5 Å². The van der Waals surface area contributed by atoms with Crippen LogP contribution in [0, 0.1) is 0 Å². The SMILES string of the molecule is CCCCOc1ccc(C(=O)N(CCCn2ccnc2)c2nc3ccc(OC)cc3s2)cc1. The summed E-state index contributed by atoms with van der Waals surface area (Å²) >= 11 is 1.49. The molecule has 4 rings (SSSR count). The van der Waals surface area contributed by atoms with Crippen molar-refractivity contribution in [2.24, 2.45) is 0 Å². The lowest BCUT2D eigenvalue weighted by atomic mass is 10.2. The van der Waals surface area contributed by atoms with E-state index in [2.05, 4.69) is 11.9 Å². The second-order valence-corrected chi connectivity index (χ2v) is 8.68. The summed E-state index contributed by atoms with van der Waals surface area (Å²) in [5, 5.41) is 0.678. The van der Waals surface area contributed by atoms with E-state index in [-0.39, 0.29) is 5.91 Å². The molecule has 0 N–H and O–H groups in total. The molecule has 0 bridgehead atoms. The van der Waals surface area contributed by atoms with Gasteiger partial charge >= 0.3 is 0 Å². The number of imidazole rings is 1. The number of carbonyl (C=O) groups excluding carboxylic acids is 1. The van der Waals surface area contributed by atoms with Gasteiger partial charge in [-0.2, -0.15) is 0 Å². The summed E-state index contributed by atoms with van der Waals surface area (Å²) in [5.41, 5.74) is 1.46. The first-order valence-electron chi connectivity index (χ1n) is 11.1. The maximum Gasteiger partial charge on any atom is 0.260 e. The van der Waals surface area contributed by atoms with Crippen molar-refractivity contribution in [3.05, 3.63) is 66.7 Å². The van der Waals surface area contributed by atoms with Crippen LogP contribution in [0.3, 0.4) is 0 Å². The minimum absolute atomic E-state index is 0.0771. The Morgan fingerprint density at radius 2 is 1.94 bits per heavy atom. The summed E-state index contributed by atoms with van der Waals surface area (Å²) in [6.07, 6.45) is 8.33. The van der Waals surface area contributed by atoms with Crippen LogP contribution in [-0.2, 0) is 6.54 Å². The Hall–Kier alpha value is -3.39. The van der Waals surface area contributed by atoms with Crippen LogP contribution in [0.2, 0.25) is 0 Å². The Bertz CT molecular complexity index is 1170. The van der Waals surface area contributed by atoms with Gasteiger partial charge in [-0.3, -0.25) is 9.69 Å². The molecule has 0 spiro atoms. The van der Waals surface area contributed by atoms with Gasteiger partial charge in [-0.25, -0.2) is 9.97 Å². The number of thiazole rings is 1. The normalized spacial score (nSPS) is 11.0. The predicted octanol–water partition coefficient (Wildman–Crippen LogP) is 5.42. The molecule has 0 radical (unpaired) electrons. The highest BCUT2D eigenvalue weighted by atomic mass is 32.1. The standard InChI is InChI=1S/C25H28N4O3S/c1-3-4-16-32-20-8-6-19(7-9-20)24(30)29(14-5-13-28-15-12-26-18-28)25-27-22-11-10-21(31-2)17-23(22)33-25/h6-12,15,17-18H,3-5,13-14,16H2,1-2H3. The predicted molar refractivity (Wildman–Crippen MR) is 132 cm³/mol. The molecule has 0 aliphatic rings. The van der Waals surface area contributed by atoms with Gasteiger partial charge in [-0.05, 0) is 55.3 Å². The monoisotopic (exact) mass is 464 g/mol. The quantitative estimate of drug-likeness (QED) is 0.277. The van der Waals surface area contributed by atoms with E-state index in [1.807, 2.05) is 53.2 Å². The van der Waals surface area contributed by atoms with Crippen molar-refractivity contribution in [1.29, 1.82) is 0 Å². The van der Waals surface area contributed by atoms with Crippen LogP contribution >= 0.6 is 11.3 Å². The summed E-state index contributed by atoms with van der Waals surface area (Å²) in [7, 11) is 1.64. The smallest absolute Gasteiger partial charge is 0.260 e. The highest BCUT2D eigenvalue weighted by Gasteiger charge is 2.21. The van der Waals surface area contributed by atoms with Gasteiger partial charge in [-0.15, -0.1) is 0 Å². The summed E-state index contributed by atoms with van der Waals surface area (Å²) in [4.78, 5) is 24.1. The molecule has 7 nitrogen and oxygen atoms in total. The molecule has 33 heavy (non-hydrogen) atoms. The molecular formula is C25H28N4O3S. The van der Waals surface area contributed by atoms with E-state index in [1.165, 1.54) is 11.3 Å². The molecule has 0 aliphatic heterocycles. The fourth-order valence-corrected chi connectivity index (χ4v) is 4.45. The van der Waals surface area contributed by atoms with Gasteiger partial charge in [0.25, 0.3) is 5.91 Å². The molecule has 2 aromatic heterocycles. The number of anilines is 1.